The third-order valence-electron chi connectivity index (χ3n) is 4.40. The average Bonchev–Trinajstić information content (AvgIpc) is 3.13. The van der Waals surface area contributed by atoms with E-state index in [1.165, 1.54) is 5.56 Å². The molecule has 0 radical (unpaired) electrons. The fourth-order valence-electron chi connectivity index (χ4n) is 3.18. The molecule has 114 valence electrons. The summed E-state index contributed by atoms with van der Waals surface area (Å²) in [7, 11) is 0. The molecule has 1 aromatic carbocycles. The summed E-state index contributed by atoms with van der Waals surface area (Å²) in [6, 6.07) is 10.8. The van der Waals surface area contributed by atoms with Crippen LogP contribution in [0.25, 0.3) is 0 Å². The lowest BCUT2D eigenvalue weighted by Crippen LogP contribution is -2.44. The Kier molecular flexibility index (Phi) is 4.88. The van der Waals surface area contributed by atoms with Gasteiger partial charge in [0.15, 0.2) is 0 Å². The van der Waals surface area contributed by atoms with E-state index in [1.54, 1.807) is 0 Å². The first-order chi connectivity index (χ1) is 10.3. The van der Waals surface area contributed by atoms with Gasteiger partial charge in [-0.15, -0.1) is 0 Å². The van der Waals surface area contributed by atoms with Gasteiger partial charge >= 0.3 is 0 Å². The van der Waals surface area contributed by atoms with Crippen molar-refractivity contribution in [2.75, 3.05) is 26.3 Å². The van der Waals surface area contributed by atoms with E-state index < -0.39 is 0 Å². The van der Waals surface area contributed by atoms with E-state index >= 15 is 0 Å². The van der Waals surface area contributed by atoms with Crippen LogP contribution in [0.2, 0.25) is 0 Å². The molecule has 2 aliphatic heterocycles. The van der Waals surface area contributed by atoms with Gasteiger partial charge in [-0.25, -0.2) is 0 Å². The molecule has 0 saturated carbocycles. The summed E-state index contributed by atoms with van der Waals surface area (Å²) in [5.41, 5.74) is 1.35. The second kappa shape index (κ2) is 7.05. The van der Waals surface area contributed by atoms with Crippen LogP contribution in [0.3, 0.4) is 0 Å². The molecule has 2 aliphatic rings. The number of carbonyl (C=O) groups is 1. The number of amides is 1. The van der Waals surface area contributed by atoms with Crippen LogP contribution in [0.15, 0.2) is 30.3 Å². The third kappa shape index (κ3) is 3.83. The van der Waals surface area contributed by atoms with Crippen LogP contribution >= 0.6 is 0 Å². The van der Waals surface area contributed by atoms with Gasteiger partial charge in [-0.1, -0.05) is 30.3 Å². The van der Waals surface area contributed by atoms with Crippen molar-refractivity contribution in [3.63, 3.8) is 0 Å². The average molecular weight is 288 g/mol. The van der Waals surface area contributed by atoms with Crippen molar-refractivity contribution >= 4 is 5.91 Å². The maximum absolute atomic E-state index is 12.4. The number of ether oxygens (including phenoxy) is 1. The topological polar surface area (TPSA) is 41.6 Å². The van der Waals surface area contributed by atoms with Crippen molar-refractivity contribution in [3.8, 4) is 0 Å². The zero-order chi connectivity index (χ0) is 14.5. The van der Waals surface area contributed by atoms with Gasteiger partial charge in [-0.3, -0.25) is 4.79 Å². The quantitative estimate of drug-likeness (QED) is 0.864. The smallest absolute Gasteiger partial charge is 0.239 e. The normalized spacial score (nSPS) is 25.7. The molecule has 1 N–H and O–H groups in total. The highest BCUT2D eigenvalue weighted by Crippen LogP contribution is 2.15. The minimum Gasteiger partial charge on any atom is -0.380 e. The van der Waals surface area contributed by atoms with Gasteiger partial charge in [-0.2, -0.15) is 0 Å². The van der Waals surface area contributed by atoms with Gasteiger partial charge in [0.05, 0.1) is 12.6 Å². The molecule has 0 spiro atoms. The van der Waals surface area contributed by atoms with E-state index in [9.17, 15) is 4.79 Å². The summed E-state index contributed by atoms with van der Waals surface area (Å²) < 4.78 is 5.36. The molecule has 21 heavy (non-hydrogen) atoms. The van der Waals surface area contributed by atoms with Gasteiger partial charge in [-0.05, 0) is 31.2 Å². The Morgan fingerprint density at radius 1 is 1.24 bits per heavy atom. The lowest BCUT2D eigenvalue weighted by atomic mass is 10.1. The third-order valence-corrected chi connectivity index (χ3v) is 4.40. The van der Waals surface area contributed by atoms with Crippen LogP contribution in [0.4, 0.5) is 0 Å². The van der Waals surface area contributed by atoms with E-state index in [4.69, 9.17) is 4.74 Å². The number of nitrogens with one attached hydrogen (secondary N) is 1. The molecule has 2 fully saturated rings. The summed E-state index contributed by atoms with van der Waals surface area (Å²) in [6.45, 7) is 3.32. The maximum Gasteiger partial charge on any atom is 0.239 e. The van der Waals surface area contributed by atoms with E-state index in [0.717, 1.165) is 52.0 Å². The number of rotatable bonds is 6. The Labute approximate surface area is 126 Å². The highest BCUT2D eigenvalue weighted by molar-refractivity contribution is 5.84. The zero-order valence-electron chi connectivity index (χ0n) is 12.5. The number of hydrogen-bond acceptors (Lipinski definition) is 3. The number of aryl methyl sites for hydroxylation is 1. The molecule has 3 rings (SSSR count). The standard InChI is InChI=1S/C17H24N2O2/c20-17-16(18-15-9-12-21-13-15)8-11-19(17)10-4-7-14-5-2-1-3-6-14/h1-3,5-6,15-16,18H,4,7-13H2/t15-,16+/m1/s1. The van der Waals surface area contributed by atoms with Gasteiger partial charge in [0, 0.05) is 25.7 Å². The highest BCUT2D eigenvalue weighted by Gasteiger charge is 2.33. The molecule has 4 nitrogen and oxygen atoms in total. The number of benzene rings is 1. The Morgan fingerprint density at radius 3 is 2.86 bits per heavy atom. The number of likely N-dealkylation sites (tertiary alicyclic amines) is 1. The minimum absolute atomic E-state index is 0.00780. The zero-order valence-corrected chi connectivity index (χ0v) is 12.5. The van der Waals surface area contributed by atoms with Crippen LogP contribution in [-0.2, 0) is 16.0 Å². The molecule has 2 atom stereocenters. The Morgan fingerprint density at radius 2 is 2.10 bits per heavy atom. The monoisotopic (exact) mass is 288 g/mol. The SMILES string of the molecule is O=C1[C@@H](N[C@@H]2CCOC2)CCN1CCCc1ccccc1. The largest absolute Gasteiger partial charge is 0.380 e. The Balaban J connectivity index is 1.41. The molecule has 2 heterocycles. The molecule has 1 amide bonds. The molecule has 4 heteroatoms. The van der Waals surface area contributed by atoms with Crippen molar-refractivity contribution in [1.82, 2.24) is 10.2 Å². The fourth-order valence-corrected chi connectivity index (χ4v) is 3.18. The second-order valence-electron chi connectivity index (χ2n) is 5.98. The van der Waals surface area contributed by atoms with Crippen LogP contribution in [-0.4, -0.2) is 49.2 Å². The van der Waals surface area contributed by atoms with Crippen LogP contribution < -0.4 is 5.32 Å². The lowest BCUT2D eigenvalue weighted by Gasteiger charge is -2.19. The minimum atomic E-state index is 0.00780. The van der Waals surface area contributed by atoms with Crippen molar-refractivity contribution in [2.24, 2.45) is 0 Å². The molecule has 0 unspecified atom stereocenters. The Hall–Kier alpha value is -1.39. The van der Waals surface area contributed by atoms with Crippen molar-refractivity contribution in [1.29, 1.82) is 0 Å². The summed E-state index contributed by atoms with van der Waals surface area (Å²) in [5, 5.41) is 3.45. The molecular formula is C17H24N2O2. The van der Waals surface area contributed by atoms with Crippen molar-refractivity contribution in [2.45, 2.75) is 37.8 Å². The first kappa shape index (κ1) is 14.5. The van der Waals surface area contributed by atoms with Crippen molar-refractivity contribution < 1.29 is 9.53 Å². The van der Waals surface area contributed by atoms with E-state index in [2.05, 4.69) is 29.6 Å². The van der Waals surface area contributed by atoms with Crippen LogP contribution in [0.1, 0.15) is 24.8 Å². The predicted octanol–water partition coefficient (Wildman–Crippen LogP) is 1.60. The Bertz CT molecular complexity index is 457. The molecule has 2 saturated heterocycles. The van der Waals surface area contributed by atoms with Gasteiger partial charge < -0.3 is 15.0 Å². The highest BCUT2D eigenvalue weighted by atomic mass is 16.5. The molecular weight excluding hydrogens is 264 g/mol. The van der Waals surface area contributed by atoms with Crippen LogP contribution in [0.5, 0.6) is 0 Å². The molecule has 0 aromatic heterocycles. The van der Waals surface area contributed by atoms with E-state index in [1.807, 2.05) is 11.0 Å². The molecule has 1 aromatic rings. The second-order valence-corrected chi connectivity index (χ2v) is 5.98. The predicted molar refractivity (Wildman–Crippen MR) is 82.1 cm³/mol. The first-order valence-electron chi connectivity index (χ1n) is 7.99. The fraction of sp³-hybridized carbons (Fsp3) is 0.588. The molecule has 0 bridgehead atoms. The van der Waals surface area contributed by atoms with Gasteiger partial charge in [0.2, 0.25) is 5.91 Å². The van der Waals surface area contributed by atoms with Gasteiger partial charge in [0.25, 0.3) is 0 Å². The lowest BCUT2D eigenvalue weighted by molar-refractivity contribution is -0.129. The number of hydrogen-bond donors (Lipinski definition) is 1. The van der Waals surface area contributed by atoms with Crippen LogP contribution in [0, 0.1) is 0 Å². The first-order valence-corrected chi connectivity index (χ1v) is 7.99. The number of carbonyl (C=O) groups excluding carboxylic acids is 1. The summed E-state index contributed by atoms with van der Waals surface area (Å²) in [4.78, 5) is 14.4. The van der Waals surface area contributed by atoms with Crippen molar-refractivity contribution in [3.05, 3.63) is 35.9 Å². The summed E-state index contributed by atoms with van der Waals surface area (Å²) >= 11 is 0. The van der Waals surface area contributed by atoms with Gasteiger partial charge in [0.1, 0.15) is 0 Å². The summed E-state index contributed by atoms with van der Waals surface area (Å²) in [6.07, 6.45) is 4.03. The van der Waals surface area contributed by atoms with E-state index in [-0.39, 0.29) is 11.9 Å². The molecule has 0 aliphatic carbocycles. The summed E-state index contributed by atoms with van der Waals surface area (Å²) in [5.74, 6) is 0.273. The number of nitrogens with zero attached hydrogens (tertiary/aromatic N) is 1. The van der Waals surface area contributed by atoms with E-state index in [0.29, 0.717) is 6.04 Å². The maximum atomic E-state index is 12.4.